The molecule has 1 fully saturated rings. The molecule has 10 heteroatoms. The van der Waals surface area contributed by atoms with E-state index >= 15 is 0 Å². The molecule has 3 rings (SSSR count). The van der Waals surface area contributed by atoms with Gasteiger partial charge in [0.2, 0.25) is 6.29 Å². The highest BCUT2D eigenvalue weighted by atomic mass is 16.7. The van der Waals surface area contributed by atoms with E-state index in [2.05, 4.69) is 15.6 Å². The molecule has 0 aliphatic heterocycles. The normalized spacial score (nSPS) is 13.4. The molecule has 0 spiro atoms. The van der Waals surface area contributed by atoms with E-state index < -0.39 is 24.1 Å². The highest BCUT2D eigenvalue weighted by Crippen LogP contribution is 2.31. The molecule has 1 heterocycles. The first-order valence-electron chi connectivity index (χ1n) is 12.8. The Labute approximate surface area is 222 Å². The highest BCUT2D eigenvalue weighted by Gasteiger charge is 2.27. The topological polar surface area (TPSA) is 133 Å². The number of carbonyl (C=O) groups is 4. The SMILES string of the molecule is CCNC(=O)c1ccc(OC)cc1-c1ccc(C(=O)NCC2CC2)nc1C(=O)OC(C)OC(=O)CC(C)C. The zero-order valence-corrected chi connectivity index (χ0v) is 22.5. The quantitative estimate of drug-likeness (QED) is 0.316. The lowest BCUT2D eigenvalue weighted by Crippen LogP contribution is -2.28. The van der Waals surface area contributed by atoms with Gasteiger partial charge < -0.3 is 24.8 Å². The van der Waals surface area contributed by atoms with Gasteiger partial charge in [0.25, 0.3) is 11.8 Å². The van der Waals surface area contributed by atoms with E-state index in [-0.39, 0.29) is 40.8 Å². The van der Waals surface area contributed by atoms with Gasteiger partial charge in [0.1, 0.15) is 11.4 Å². The van der Waals surface area contributed by atoms with Crippen LogP contribution in [0.5, 0.6) is 5.75 Å². The molecule has 0 bridgehead atoms. The molecule has 1 saturated carbocycles. The Hall–Kier alpha value is -3.95. The predicted molar refractivity (Wildman–Crippen MR) is 140 cm³/mol. The largest absolute Gasteiger partial charge is 0.497 e. The van der Waals surface area contributed by atoms with Crippen molar-refractivity contribution in [2.24, 2.45) is 11.8 Å². The standard InChI is InChI=1S/C28H35N3O7/c1-6-29-26(33)21-10-9-19(36-5)14-22(21)20-11-12-23(27(34)30-15-18-7-8-18)31-25(20)28(35)38-17(4)37-24(32)13-16(2)3/h9-12,14,16-18H,6-8,13,15H2,1-5H3,(H,29,33)(H,30,34). The Morgan fingerprint density at radius 3 is 2.34 bits per heavy atom. The number of amides is 2. The van der Waals surface area contributed by atoms with Gasteiger partial charge in [0.15, 0.2) is 5.69 Å². The molecule has 1 aromatic heterocycles. The van der Waals surface area contributed by atoms with Gasteiger partial charge in [-0.15, -0.1) is 0 Å². The number of nitrogens with zero attached hydrogens (tertiary/aromatic N) is 1. The van der Waals surface area contributed by atoms with Crippen molar-refractivity contribution < 1.29 is 33.4 Å². The van der Waals surface area contributed by atoms with Crippen LogP contribution in [0.15, 0.2) is 30.3 Å². The fraction of sp³-hybridized carbons (Fsp3) is 0.464. The predicted octanol–water partition coefficient (Wildman–Crippen LogP) is 3.74. The van der Waals surface area contributed by atoms with E-state index in [1.54, 1.807) is 31.2 Å². The van der Waals surface area contributed by atoms with Crippen LogP contribution < -0.4 is 15.4 Å². The summed E-state index contributed by atoms with van der Waals surface area (Å²) < 4.78 is 15.9. The number of nitrogens with one attached hydrogen (secondary N) is 2. The molecule has 1 aliphatic rings. The Kier molecular flexibility index (Phi) is 9.81. The Bertz CT molecular complexity index is 1190. The van der Waals surface area contributed by atoms with E-state index in [4.69, 9.17) is 14.2 Å². The fourth-order valence-electron chi connectivity index (χ4n) is 3.73. The van der Waals surface area contributed by atoms with Gasteiger partial charge in [0, 0.05) is 43.1 Å². The maximum atomic E-state index is 13.3. The molecule has 0 saturated heterocycles. The van der Waals surface area contributed by atoms with Gasteiger partial charge in [-0.25, -0.2) is 9.78 Å². The van der Waals surface area contributed by atoms with Crippen molar-refractivity contribution in [1.82, 2.24) is 15.6 Å². The van der Waals surface area contributed by atoms with E-state index in [1.165, 1.54) is 20.1 Å². The summed E-state index contributed by atoms with van der Waals surface area (Å²) in [6, 6.07) is 7.86. The molecular formula is C28H35N3O7. The molecule has 2 N–H and O–H groups in total. The molecule has 1 unspecified atom stereocenters. The second-order valence-electron chi connectivity index (χ2n) is 9.58. The molecule has 2 amide bonds. The average Bonchev–Trinajstić information content (AvgIpc) is 3.70. The van der Waals surface area contributed by atoms with Crippen molar-refractivity contribution in [3.63, 3.8) is 0 Å². The lowest BCUT2D eigenvalue weighted by molar-refractivity contribution is -0.166. The van der Waals surface area contributed by atoms with Crippen molar-refractivity contribution in [1.29, 1.82) is 0 Å². The number of rotatable bonds is 12. The number of benzene rings is 1. The first-order valence-corrected chi connectivity index (χ1v) is 12.8. The molecule has 1 atom stereocenters. The molecular weight excluding hydrogens is 490 g/mol. The summed E-state index contributed by atoms with van der Waals surface area (Å²) in [6.45, 7) is 7.89. The lowest BCUT2D eigenvalue weighted by Gasteiger charge is -2.18. The summed E-state index contributed by atoms with van der Waals surface area (Å²) in [5.74, 6) is -1.21. The van der Waals surface area contributed by atoms with Gasteiger partial charge in [-0.2, -0.15) is 0 Å². The minimum absolute atomic E-state index is 0.0215. The molecule has 1 aliphatic carbocycles. The lowest BCUT2D eigenvalue weighted by atomic mass is 9.96. The Morgan fingerprint density at radius 2 is 1.71 bits per heavy atom. The van der Waals surface area contributed by atoms with Gasteiger partial charge in [0.05, 0.1) is 7.11 Å². The number of hydrogen-bond acceptors (Lipinski definition) is 8. The third-order valence-electron chi connectivity index (χ3n) is 5.81. The van der Waals surface area contributed by atoms with E-state index in [0.717, 1.165) is 12.8 Å². The average molecular weight is 526 g/mol. The van der Waals surface area contributed by atoms with Gasteiger partial charge in [-0.1, -0.05) is 13.8 Å². The maximum Gasteiger partial charge on any atom is 0.360 e. The third kappa shape index (κ3) is 7.77. The van der Waals surface area contributed by atoms with Crippen molar-refractivity contribution >= 4 is 23.8 Å². The maximum absolute atomic E-state index is 13.3. The number of methoxy groups -OCH3 is 1. The van der Waals surface area contributed by atoms with E-state index in [1.807, 2.05) is 13.8 Å². The molecule has 204 valence electrons. The minimum Gasteiger partial charge on any atom is -0.497 e. The van der Waals surface area contributed by atoms with Crippen LogP contribution in [0, 0.1) is 11.8 Å². The first-order chi connectivity index (χ1) is 18.1. The van der Waals surface area contributed by atoms with Crippen LogP contribution in [0.4, 0.5) is 0 Å². The first kappa shape index (κ1) is 28.6. The molecule has 2 aromatic rings. The number of carbonyl (C=O) groups excluding carboxylic acids is 4. The summed E-state index contributed by atoms with van der Waals surface area (Å²) in [5.41, 5.74) is 0.729. The molecule has 38 heavy (non-hydrogen) atoms. The number of pyridine rings is 1. The van der Waals surface area contributed by atoms with Crippen molar-refractivity contribution in [2.45, 2.75) is 53.2 Å². The van der Waals surface area contributed by atoms with Crippen LogP contribution in [0.2, 0.25) is 0 Å². The van der Waals surface area contributed by atoms with Gasteiger partial charge >= 0.3 is 11.9 Å². The van der Waals surface area contributed by atoms with Crippen LogP contribution in [-0.4, -0.2) is 55.2 Å². The Balaban J connectivity index is 2.00. The summed E-state index contributed by atoms with van der Waals surface area (Å²) in [6.07, 6.45) is 1.11. The number of aromatic nitrogens is 1. The summed E-state index contributed by atoms with van der Waals surface area (Å²) in [7, 11) is 1.48. The number of esters is 2. The monoisotopic (exact) mass is 525 g/mol. The van der Waals surface area contributed by atoms with Gasteiger partial charge in [-0.3, -0.25) is 14.4 Å². The zero-order valence-electron chi connectivity index (χ0n) is 22.5. The number of ether oxygens (including phenoxy) is 3. The third-order valence-corrected chi connectivity index (χ3v) is 5.81. The molecule has 0 radical (unpaired) electrons. The van der Waals surface area contributed by atoms with Crippen LogP contribution in [0.25, 0.3) is 11.1 Å². The molecule has 1 aromatic carbocycles. The van der Waals surface area contributed by atoms with Crippen molar-refractivity contribution in [3.05, 3.63) is 47.3 Å². The molecule has 10 nitrogen and oxygen atoms in total. The Morgan fingerprint density at radius 1 is 0.974 bits per heavy atom. The van der Waals surface area contributed by atoms with Crippen LogP contribution in [0.3, 0.4) is 0 Å². The summed E-state index contributed by atoms with van der Waals surface area (Å²) in [4.78, 5) is 55.3. The van der Waals surface area contributed by atoms with Crippen LogP contribution in [0.1, 0.15) is 78.3 Å². The smallest absolute Gasteiger partial charge is 0.360 e. The second-order valence-corrected chi connectivity index (χ2v) is 9.58. The zero-order chi connectivity index (χ0) is 27.8. The van der Waals surface area contributed by atoms with Gasteiger partial charge in [-0.05, 0) is 61.9 Å². The highest BCUT2D eigenvalue weighted by molar-refractivity contribution is 6.05. The van der Waals surface area contributed by atoms with Crippen molar-refractivity contribution in [2.75, 3.05) is 20.2 Å². The minimum atomic E-state index is -1.19. The van der Waals surface area contributed by atoms with E-state index in [9.17, 15) is 19.2 Å². The number of hydrogen-bond donors (Lipinski definition) is 2. The summed E-state index contributed by atoms with van der Waals surface area (Å²) in [5, 5.41) is 5.58. The van der Waals surface area contributed by atoms with Crippen LogP contribution in [-0.2, 0) is 14.3 Å². The fourth-order valence-corrected chi connectivity index (χ4v) is 3.73. The van der Waals surface area contributed by atoms with E-state index in [0.29, 0.717) is 30.3 Å². The van der Waals surface area contributed by atoms with Crippen LogP contribution >= 0.6 is 0 Å². The second kappa shape index (κ2) is 13.0. The van der Waals surface area contributed by atoms with Crippen molar-refractivity contribution in [3.8, 4) is 16.9 Å². The summed E-state index contributed by atoms with van der Waals surface area (Å²) >= 11 is 0.